The lowest BCUT2D eigenvalue weighted by molar-refractivity contribution is -0.137. The molecular weight excluding hydrogens is 341 g/mol. The zero-order valence-electron chi connectivity index (χ0n) is 14.8. The highest BCUT2D eigenvalue weighted by Crippen LogP contribution is 2.29. The van der Waals surface area contributed by atoms with Crippen LogP contribution >= 0.6 is 0 Å². The van der Waals surface area contributed by atoms with Crippen LogP contribution in [0.15, 0.2) is 36.5 Å². The predicted octanol–water partition coefficient (Wildman–Crippen LogP) is 5.25. The van der Waals surface area contributed by atoms with Crippen LogP contribution in [0.3, 0.4) is 0 Å². The van der Waals surface area contributed by atoms with Crippen LogP contribution < -0.4 is 5.32 Å². The lowest BCUT2D eigenvalue weighted by atomic mass is 10.1. The fourth-order valence-electron chi connectivity index (χ4n) is 2.07. The first kappa shape index (κ1) is 19.1. The Morgan fingerprint density at radius 2 is 1.84 bits per heavy atom. The van der Waals surface area contributed by atoms with E-state index in [4.69, 9.17) is 0 Å². The summed E-state index contributed by atoms with van der Waals surface area (Å²) in [6.07, 6.45) is -3.18. The Hall–Kier alpha value is -2.26. The van der Waals surface area contributed by atoms with Crippen molar-refractivity contribution in [2.75, 3.05) is 5.32 Å². The summed E-state index contributed by atoms with van der Waals surface area (Å²) < 4.78 is 38.2. The smallest absolute Gasteiger partial charge is 0.379 e. The highest BCUT2D eigenvalue weighted by atomic mass is 28.3. The summed E-state index contributed by atoms with van der Waals surface area (Å²) in [6, 6.07) is 7.81. The average Bonchev–Trinajstić information content (AvgIpc) is 2.51. The maximum atomic E-state index is 12.7. The number of anilines is 1. The minimum absolute atomic E-state index is 0.216. The summed E-state index contributed by atoms with van der Waals surface area (Å²) in [5.41, 5.74) is 5.80. The minimum atomic E-state index is -4.36. The van der Waals surface area contributed by atoms with Crippen LogP contribution in [0.1, 0.15) is 22.4 Å². The van der Waals surface area contributed by atoms with Gasteiger partial charge in [-0.3, -0.25) is 4.98 Å². The van der Waals surface area contributed by atoms with Crippen LogP contribution in [0, 0.1) is 18.4 Å². The third-order valence-electron chi connectivity index (χ3n) is 3.43. The van der Waals surface area contributed by atoms with Crippen molar-refractivity contribution in [3.05, 3.63) is 58.9 Å². The molecule has 1 aromatic heterocycles. The second-order valence-corrected chi connectivity index (χ2v) is 11.7. The molecule has 0 atom stereocenters. The number of nitrogens with zero attached hydrogens (tertiary/aromatic N) is 1. The molecule has 0 radical (unpaired) electrons. The lowest BCUT2D eigenvalue weighted by Gasteiger charge is -2.11. The highest BCUT2D eigenvalue weighted by molar-refractivity contribution is 6.83. The molecule has 0 saturated heterocycles. The number of alkyl halides is 3. The topological polar surface area (TPSA) is 24.9 Å². The van der Waals surface area contributed by atoms with E-state index in [1.54, 1.807) is 0 Å². The van der Waals surface area contributed by atoms with Crippen LogP contribution in [0.4, 0.5) is 18.9 Å². The number of aromatic nitrogens is 1. The average molecular weight is 362 g/mol. The molecule has 0 aliphatic heterocycles. The molecule has 0 saturated carbocycles. The van der Waals surface area contributed by atoms with E-state index in [9.17, 15) is 13.2 Å². The molecule has 0 bridgehead atoms. The Kier molecular flexibility index (Phi) is 5.58. The van der Waals surface area contributed by atoms with Crippen molar-refractivity contribution in [3.63, 3.8) is 0 Å². The van der Waals surface area contributed by atoms with Crippen molar-refractivity contribution in [3.8, 4) is 11.5 Å². The molecule has 0 unspecified atom stereocenters. The standard InChI is InChI=1S/C19H21F3N2Si/c1-14-5-6-17(11-15(14)8-10-25(2,3)4)24-13-18-12-16(7-9-23-18)19(20,21)22/h5-7,9,11-12,24H,13H2,1-4H3. The van der Waals surface area contributed by atoms with Crippen molar-refractivity contribution >= 4 is 13.8 Å². The first-order valence-electron chi connectivity index (χ1n) is 7.94. The molecular formula is C19H21F3N2Si. The van der Waals surface area contributed by atoms with Gasteiger partial charge >= 0.3 is 6.18 Å². The molecule has 1 aromatic carbocycles. The summed E-state index contributed by atoms with van der Waals surface area (Å²) in [5, 5.41) is 3.12. The Morgan fingerprint density at radius 1 is 1.12 bits per heavy atom. The molecule has 2 nitrogen and oxygen atoms in total. The summed E-state index contributed by atoms with van der Waals surface area (Å²) >= 11 is 0. The van der Waals surface area contributed by atoms with Crippen LogP contribution in [0.5, 0.6) is 0 Å². The predicted molar refractivity (Wildman–Crippen MR) is 98.0 cm³/mol. The van der Waals surface area contributed by atoms with E-state index < -0.39 is 19.8 Å². The molecule has 0 aliphatic rings. The maximum Gasteiger partial charge on any atom is 0.416 e. The van der Waals surface area contributed by atoms with E-state index in [1.807, 2.05) is 25.1 Å². The number of halogens is 3. The van der Waals surface area contributed by atoms with E-state index in [2.05, 4.69) is 41.4 Å². The molecule has 25 heavy (non-hydrogen) atoms. The summed E-state index contributed by atoms with van der Waals surface area (Å²) in [4.78, 5) is 3.99. The second kappa shape index (κ2) is 7.32. The summed E-state index contributed by atoms with van der Waals surface area (Å²) in [7, 11) is -1.47. The van der Waals surface area contributed by atoms with Crippen LogP contribution in [0.25, 0.3) is 0 Å². The van der Waals surface area contributed by atoms with Gasteiger partial charge in [0.15, 0.2) is 0 Å². The zero-order chi connectivity index (χ0) is 18.7. The first-order valence-corrected chi connectivity index (χ1v) is 11.4. The Labute approximate surface area is 147 Å². The van der Waals surface area contributed by atoms with Crippen LogP contribution in [-0.4, -0.2) is 13.1 Å². The van der Waals surface area contributed by atoms with Gasteiger partial charge in [-0.25, -0.2) is 0 Å². The van der Waals surface area contributed by atoms with Gasteiger partial charge in [0.1, 0.15) is 8.07 Å². The third-order valence-corrected chi connectivity index (χ3v) is 4.30. The van der Waals surface area contributed by atoms with E-state index in [-0.39, 0.29) is 6.54 Å². The van der Waals surface area contributed by atoms with Crippen molar-refractivity contribution in [1.82, 2.24) is 4.98 Å². The Bertz CT molecular complexity index is 812. The normalized spacial score (nSPS) is 11.6. The molecule has 0 spiro atoms. The van der Waals surface area contributed by atoms with Crippen molar-refractivity contribution in [1.29, 1.82) is 0 Å². The van der Waals surface area contributed by atoms with Gasteiger partial charge in [-0.1, -0.05) is 31.6 Å². The minimum Gasteiger partial charge on any atom is -0.379 e. The van der Waals surface area contributed by atoms with Gasteiger partial charge in [0.05, 0.1) is 17.8 Å². The first-order chi connectivity index (χ1) is 11.5. The number of rotatable bonds is 3. The summed E-state index contributed by atoms with van der Waals surface area (Å²) in [5.74, 6) is 3.23. The van der Waals surface area contributed by atoms with E-state index in [1.165, 1.54) is 6.20 Å². The number of hydrogen-bond donors (Lipinski definition) is 1. The van der Waals surface area contributed by atoms with Gasteiger partial charge in [-0.05, 0) is 36.8 Å². The van der Waals surface area contributed by atoms with Gasteiger partial charge in [0, 0.05) is 17.4 Å². The molecule has 132 valence electrons. The van der Waals surface area contributed by atoms with Gasteiger partial charge < -0.3 is 5.32 Å². The summed E-state index contributed by atoms with van der Waals surface area (Å²) in [6.45, 7) is 8.74. The molecule has 1 N–H and O–H groups in total. The number of nitrogens with one attached hydrogen (secondary N) is 1. The molecule has 6 heteroatoms. The molecule has 0 fully saturated rings. The van der Waals surface area contributed by atoms with Gasteiger partial charge in [-0.2, -0.15) is 13.2 Å². The fourth-order valence-corrected chi connectivity index (χ4v) is 2.57. The van der Waals surface area contributed by atoms with E-state index >= 15 is 0 Å². The van der Waals surface area contributed by atoms with Crippen LogP contribution in [-0.2, 0) is 12.7 Å². The monoisotopic (exact) mass is 362 g/mol. The van der Waals surface area contributed by atoms with Crippen molar-refractivity contribution in [2.45, 2.75) is 39.3 Å². The van der Waals surface area contributed by atoms with Gasteiger partial charge in [0.2, 0.25) is 0 Å². The van der Waals surface area contributed by atoms with E-state index in [0.717, 1.165) is 28.9 Å². The molecule has 2 rings (SSSR count). The lowest BCUT2D eigenvalue weighted by Crippen LogP contribution is -2.16. The molecule has 0 aliphatic carbocycles. The molecule has 2 aromatic rings. The molecule has 1 heterocycles. The quantitative estimate of drug-likeness (QED) is 0.596. The SMILES string of the molecule is Cc1ccc(NCc2cc(C(F)(F)F)ccn2)cc1C#C[Si](C)(C)C. The zero-order valence-corrected chi connectivity index (χ0v) is 15.8. The highest BCUT2D eigenvalue weighted by Gasteiger charge is 2.30. The number of benzene rings is 1. The number of hydrogen-bond acceptors (Lipinski definition) is 2. The van der Waals surface area contributed by atoms with Gasteiger partial charge in [0.25, 0.3) is 0 Å². The largest absolute Gasteiger partial charge is 0.416 e. The van der Waals surface area contributed by atoms with Crippen molar-refractivity contribution < 1.29 is 13.2 Å². The second-order valence-electron chi connectivity index (χ2n) is 6.92. The maximum absolute atomic E-state index is 12.7. The Morgan fingerprint density at radius 3 is 2.48 bits per heavy atom. The Balaban J connectivity index is 2.15. The van der Waals surface area contributed by atoms with Gasteiger partial charge in [-0.15, -0.1) is 5.54 Å². The third kappa shape index (κ3) is 5.95. The van der Waals surface area contributed by atoms with Crippen LogP contribution in [0.2, 0.25) is 19.6 Å². The number of aryl methyl sites for hydroxylation is 1. The number of pyridine rings is 1. The molecule has 0 amide bonds. The van der Waals surface area contributed by atoms with E-state index in [0.29, 0.717) is 5.69 Å². The fraction of sp³-hybridized carbons (Fsp3) is 0.316. The van der Waals surface area contributed by atoms with Crippen molar-refractivity contribution in [2.24, 2.45) is 0 Å².